The zero-order chi connectivity index (χ0) is 17.9. The summed E-state index contributed by atoms with van der Waals surface area (Å²) in [6.45, 7) is 0. The maximum Gasteiger partial charge on any atom is 0.573 e. The second-order valence-electron chi connectivity index (χ2n) is 5.01. The van der Waals surface area contributed by atoms with E-state index in [2.05, 4.69) is 25.7 Å². The summed E-state index contributed by atoms with van der Waals surface area (Å²) in [4.78, 5) is 5.64. The lowest BCUT2D eigenvalue weighted by molar-refractivity contribution is -0.274. The van der Waals surface area contributed by atoms with Gasteiger partial charge in [0.05, 0.1) is 5.56 Å². The van der Waals surface area contributed by atoms with Crippen LogP contribution in [0.3, 0.4) is 0 Å². The number of pyridine rings is 1. The van der Waals surface area contributed by atoms with Crippen molar-refractivity contribution in [3.8, 4) is 17.4 Å². The first kappa shape index (κ1) is 18.5. The molecule has 1 atom stereocenters. The van der Waals surface area contributed by atoms with Gasteiger partial charge in [0.25, 0.3) is 0 Å². The molecule has 0 saturated heterocycles. The number of ether oxygens (including phenoxy) is 2. The highest BCUT2D eigenvalue weighted by Gasteiger charge is 2.31. The number of aliphatic hydroxyl groups is 1. The van der Waals surface area contributed by atoms with Crippen molar-refractivity contribution in [2.24, 2.45) is 0 Å². The van der Waals surface area contributed by atoms with E-state index in [0.717, 1.165) is 12.1 Å². The molecule has 1 heterocycles. The van der Waals surface area contributed by atoms with Gasteiger partial charge in [0.1, 0.15) is 17.7 Å². The predicted octanol–water partition coefficient (Wildman–Crippen LogP) is 4.09. The van der Waals surface area contributed by atoms with E-state index in [1.807, 2.05) is 0 Å². The van der Waals surface area contributed by atoms with E-state index in [1.54, 1.807) is 25.1 Å². The van der Waals surface area contributed by atoms with Crippen LogP contribution in [0.2, 0.25) is 0 Å². The highest BCUT2D eigenvalue weighted by molar-refractivity contribution is 9.10. The minimum atomic E-state index is -4.75. The Hall–Kier alpha value is -1.84. The lowest BCUT2D eigenvalue weighted by atomic mass is 10.2. The monoisotopic (exact) mass is 406 g/mol. The number of aliphatic hydroxyl groups excluding tert-OH is 1. The van der Waals surface area contributed by atoms with Crippen molar-refractivity contribution in [3.63, 3.8) is 0 Å². The molecule has 1 aromatic carbocycles. The molecule has 0 bridgehead atoms. The molecule has 130 valence electrons. The van der Waals surface area contributed by atoms with E-state index in [-0.39, 0.29) is 17.4 Å². The Labute approximate surface area is 144 Å². The molecule has 5 nitrogen and oxygen atoms in total. The van der Waals surface area contributed by atoms with Crippen molar-refractivity contribution >= 4 is 15.9 Å². The average Bonchev–Trinajstić information content (AvgIpc) is 2.48. The van der Waals surface area contributed by atoms with Gasteiger partial charge in [0.15, 0.2) is 0 Å². The van der Waals surface area contributed by atoms with Crippen LogP contribution in [0, 0.1) is 0 Å². The summed E-state index contributed by atoms with van der Waals surface area (Å²) in [7, 11) is 3.36. The second-order valence-corrected chi connectivity index (χ2v) is 5.92. The third-order valence-corrected chi connectivity index (χ3v) is 3.32. The summed E-state index contributed by atoms with van der Waals surface area (Å²) in [5.41, 5.74) is 0.407. The summed E-state index contributed by atoms with van der Waals surface area (Å²) in [5, 5.41) is 10.2. The third-order valence-electron chi connectivity index (χ3n) is 2.88. The molecule has 0 fully saturated rings. The fraction of sp³-hybridized carbons (Fsp3) is 0.267. The van der Waals surface area contributed by atoms with E-state index in [1.165, 1.54) is 18.3 Å². The van der Waals surface area contributed by atoms with Gasteiger partial charge in [0.2, 0.25) is 5.88 Å². The van der Waals surface area contributed by atoms with Crippen LogP contribution in [-0.2, 0) is 0 Å². The number of benzene rings is 1. The third kappa shape index (κ3) is 5.08. The zero-order valence-corrected chi connectivity index (χ0v) is 14.3. The van der Waals surface area contributed by atoms with Gasteiger partial charge in [-0.1, -0.05) is 0 Å². The van der Waals surface area contributed by atoms with Gasteiger partial charge < -0.3 is 14.6 Å². The molecule has 0 aliphatic rings. The van der Waals surface area contributed by atoms with Crippen LogP contribution in [0.1, 0.15) is 11.8 Å². The maximum absolute atomic E-state index is 12.1. The number of rotatable bonds is 5. The van der Waals surface area contributed by atoms with E-state index >= 15 is 0 Å². The molecule has 0 spiro atoms. The van der Waals surface area contributed by atoms with E-state index in [4.69, 9.17) is 4.74 Å². The standard InChI is InChI=1S/C15H14BrF3N2O3/c1-21(2)14(22)12-7-9(16)8-20-13(12)23-10-3-5-11(6-4-10)24-15(17,18)19/h3-8,14,22H,1-2H3. The van der Waals surface area contributed by atoms with Gasteiger partial charge in [-0.25, -0.2) is 4.98 Å². The van der Waals surface area contributed by atoms with Crippen LogP contribution < -0.4 is 9.47 Å². The molecule has 2 aromatic rings. The van der Waals surface area contributed by atoms with Crippen molar-refractivity contribution in [1.29, 1.82) is 0 Å². The molecule has 0 saturated carbocycles. The maximum atomic E-state index is 12.1. The van der Waals surface area contributed by atoms with Crippen molar-refractivity contribution in [2.75, 3.05) is 14.1 Å². The predicted molar refractivity (Wildman–Crippen MR) is 83.8 cm³/mol. The Kier molecular flexibility index (Phi) is 5.68. The van der Waals surface area contributed by atoms with Crippen molar-refractivity contribution in [3.05, 3.63) is 46.6 Å². The van der Waals surface area contributed by atoms with Crippen LogP contribution in [0.15, 0.2) is 41.0 Å². The molecule has 1 unspecified atom stereocenters. The summed E-state index contributed by atoms with van der Waals surface area (Å²) in [6.07, 6.45) is -4.22. The minimum Gasteiger partial charge on any atom is -0.439 e. The average molecular weight is 407 g/mol. The van der Waals surface area contributed by atoms with Crippen molar-refractivity contribution in [2.45, 2.75) is 12.6 Å². The molecule has 2 rings (SSSR count). The number of aromatic nitrogens is 1. The molecule has 0 amide bonds. The Morgan fingerprint density at radius 3 is 2.29 bits per heavy atom. The fourth-order valence-corrected chi connectivity index (χ4v) is 2.16. The number of hydrogen-bond acceptors (Lipinski definition) is 5. The smallest absolute Gasteiger partial charge is 0.439 e. The molecule has 0 aliphatic heterocycles. The molecule has 1 aromatic heterocycles. The first-order valence-electron chi connectivity index (χ1n) is 6.69. The Bertz CT molecular complexity index is 693. The lowest BCUT2D eigenvalue weighted by Crippen LogP contribution is -2.20. The van der Waals surface area contributed by atoms with E-state index < -0.39 is 12.6 Å². The fourth-order valence-electron chi connectivity index (χ4n) is 1.81. The Morgan fingerprint density at radius 2 is 1.75 bits per heavy atom. The van der Waals surface area contributed by atoms with Crippen LogP contribution >= 0.6 is 15.9 Å². The minimum absolute atomic E-state index is 0.142. The van der Waals surface area contributed by atoms with Crippen molar-refractivity contribution < 1.29 is 27.8 Å². The SMILES string of the molecule is CN(C)C(O)c1cc(Br)cnc1Oc1ccc(OC(F)(F)F)cc1. The number of halogens is 4. The largest absolute Gasteiger partial charge is 0.573 e. The number of nitrogens with zero attached hydrogens (tertiary/aromatic N) is 2. The molecular formula is C15H14BrF3N2O3. The molecular weight excluding hydrogens is 393 g/mol. The molecule has 0 aliphatic carbocycles. The van der Waals surface area contributed by atoms with Crippen molar-refractivity contribution in [1.82, 2.24) is 9.88 Å². The van der Waals surface area contributed by atoms with Gasteiger partial charge >= 0.3 is 6.36 Å². The summed E-state index contributed by atoms with van der Waals surface area (Å²) in [6, 6.07) is 6.54. The summed E-state index contributed by atoms with van der Waals surface area (Å²) < 4.78 is 46.4. The van der Waals surface area contributed by atoms with Gasteiger partial charge in [-0.15, -0.1) is 13.2 Å². The quantitative estimate of drug-likeness (QED) is 0.757. The van der Waals surface area contributed by atoms with Crippen LogP contribution in [0.5, 0.6) is 17.4 Å². The second kappa shape index (κ2) is 7.37. The van der Waals surface area contributed by atoms with Gasteiger partial charge in [-0.3, -0.25) is 4.90 Å². The number of hydrogen-bond donors (Lipinski definition) is 1. The van der Waals surface area contributed by atoms with E-state index in [9.17, 15) is 18.3 Å². The number of alkyl halides is 3. The highest BCUT2D eigenvalue weighted by Crippen LogP contribution is 2.32. The molecule has 1 N–H and O–H groups in total. The zero-order valence-electron chi connectivity index (χ0n) is 12.7. The Balaban J connectivity index is 2.22. The topological polar surface area (TPSA) is 54.8 Å². The van der Waals surface area contributed by atoms with Gasteiger partial charge in [-0.05, 0) is 60.4 Å². The molecule has 9 heteroatoms. The normalized spacial score (nSPS) is 13.0. The lowest BCUT2D eigenvalue weighted by Gasteiger charge is -2.21. The molecule has 24 heavy (non-hydrogen) atoms. The molecule has 0 radical (unpaired) electrons. The first-order chi connectivity index (χ1) is 11.2. The van der Waals surface area contributed by atoms with Gasteiger partial charge in [-0.2, -0.15) is 0 Å². The van der Waals surface area contributed by atoms with Crippen LogP contribution in [0.25, 0.3) is 0 Å². The van der Waals surface area contributed by atoms with E-state index in [0.29, 0.717) is 10.0 Å². The summed E-state index contributed by atoms with van der Waals surface area (Å²) in [5.74, 6) is 0.0441. The highest BCUT2D eigenvalue weighted by atomic mass is 79.9. The first-order valence-corrected chi connectivity index (χ1v) is 7.48. The summed E-state index contributed by atoms with van der Waals surface area (Å²) >= 11 is 3.27. The van der Waals surface area contributed by atoms with Gasteiger partial charge in [0, 0.05) is 10.7 Å². The Morgan fingerprint density at radius 1 is 1.17 bits per heavy atom. The van der Waals surface area contributed by atoms with Crippen LogP contribution in [0.4, 0.5) is 13.2 Å². The van der Waals surface area contributed by atoms with Crippen LogP contribution in [-0.4, -0.2) is 35.4 Å².